The van der Waals surface area contributed by atoms with Crippen molar-refractivity contribution in [1.29, 1.82) is 0 Å². The topological polar surface area (TPSA) is 37.4 Å². The first-order chi connectivity index (χ1) is 9.67. The lowest BCUT2D eigenvalue weighted by Gasteiger charge is -2.34. The van der Waals surface area contributed by atoms with E-state index in [0.29, 0.717) is 12.1 Å². The second-order valence-corrected chi connectivity index (χ2v) is 6.46. The van der Waals surface area contributed by atoms with E-state index in [1.807, 2.05) is 11.3 Å². The Morgan fingerprint density at radius 2 is 2.30 bits per heavy atom. The summed E-state index contributed by atoms with van der Waals surface area (Å²) in [6, 6.07) is 0.864. The van der Waals surface area contributed by atoms with E-state index in [1.54, 1.807) is 0 Å². The van der Waals surface area contributed by atoms with Crippen molar-refractivity contribution >= 4 is 16.5 Å². The lowest BCUT2D eigenvalue weighted by atomic mass is 10.2. The van der Waals surface area contributed by atoms with Crippen LogP contribution in [0.25, 0.3) is 0 Å². The molecular formula is C15H27N3OS. The van der Waals surface area contributed by atoms with E-state index in [-0.39, 0.29) is 0 Å². The van der Waals surface area contributed by atoms with Crippen molar-refractivity contribution in [2.24, 2.45) is 0 Å². The van der Waals surface area contributed by atoms with E-state index in [9.17, 15) is 0 Å². The van der Waals surface area contributed by atoms with Gasteiger partial charge in [0, 0.05) is 17.5 Å². The van der Waals surface area contributed by atoms with Crippen LogP contribution in [0.5, 0.6) is 0 Å². The fraction of sp³-hybridized carbons (Fsp3) is 0.800. The van der Waals surface area contributed by atoms with Gasteiger partial charge in [-0.3, -0.25) is 0 Å². The first kappa shape index (κ1) is 15.7. The van der Waals surface area contributed by atoms with Crippen molar-refractivity contribution in [1.82, 2.24) is 10.3 Å². The van der Waals surface area contributed by atoms with E-state index in [2.05, 4.69) is 37.9 Å². The molecule has 114 valence electrons. The second kappa shape index (κ2) is 7.38. The van der Waals surface area contributed by atoms with E-state index >= 15 is 0 Å². The molecule has 1 aliphatic rings. The number of nitrogens with zero attached hydrogens (tertiary/aromatic N) is 2. The molecule has 0 amide bonds. The van der Waals surface area contributed by atoms with Gasteiger partial charge in [0.15, 0.2) is 5.13 Å². The summed E-state index contributed by atoms with van der Waals surface area (Å²) in [6.45, 7) is 12.4. The summed E-state index contributed by atoms with van der Waals surface area (Å²) in [5.74, 6) is 0. The minimum absolute atomic E-state index is 0.391. The van der Waals surface area contributed by atoms with Gasteiger partial charge in [0.2, 0.25) is 0 Å². The van der Waals surface area contributed by atoms with E-state index in [4.69, 9.17) is 9.72 Å². The molecule has 0 aromatic carbocycles. The maximum absolute atomic E-state index is 5.59. The number of aromatic nitrogens is 1. The van der Waals surface area contributed by atoms with Crippen LogP contribution in [0.15, 0.2) is 0 Å². The van der Waals surface area contributed by atoms with Crippen LogP contribution < -0.4 is 10.2 Å². The summed E-state index contributed by atoms with van der Waals surface area (Å²) in [5, 5.41) is 4.72. The minimum atomic E-state index is 0.391. The van der Waals surface area contributed by atoms with Crippen molar-refractivity contribution in [2.45, 2.75) is 52.6 Å². The third-order valence-electron chi connectivity index (χ3n) is 3.86. The lowest BCUT2D eigenvalue weighted by Crippen LogP contribution is -2.45. The molecule has 5 heteroatoms. The zero-order valence-corrected chi connectivity index (χ0v) is 13.9. The molecule has 2 unspecified atom stereocenters. The van der Waals surface area contributed by atoms with Crippen LogP contribution in [0, 0.1) is 6.92 Å². The Morgan fingerprint density at radius 3 is 3.00 bits per heavy atom. The molecule has 0 spiro atoms. The number of morpholine rings is 1. The molecule has 1 saturated heterocycles. The first-order valence-corrected chi connectivity index (χ1v) is 8.54. The summed E-state index contributed by atoms with van der Waals surface area (Å²) >= 11 is 1.84. The minimum Gasteiger partial charge on any atom is -0.377 e. The molecule has 1 aliphatic heterocycles. The van der Waals surface area contributed by atoms with Crippen molar-refractivity contribution in [2.75, 3.05) is 31.2 Å². The zero-order valence-electron chi connectivity index (χ0n) is 13.1. The molecule has 2 atom stereocenters. The predicted octanol–water partition coefficient (Wildman–Crippen LogP) is 3.13. The van der Waals surface area contributed by atoms with Crippen LogP contribution in [-0.4, -0.2) is 37.3 Å². The average Bonchev–Trinajstić information content (AvgIpc) is 2.86. The maximum Gasteiger partial charge on any atom is 0.186 e. The van der Waals surface area contributed by atoms with Gasteiger partial charge in [0.25, 0.3) is 0 Å². The molecule has 2 rings (SSSR count). The third kappa shape index (κ3) is 3.51. The van der Waals surface area contributed by atoms with Gasteiger partial charge in [0.1, 0.15) is 0 Å². The monoisotopic (exact) mass is 297 g/mol. The summed E-state index contributed by atoms with van der Waals surface area (Å²) in [5.41, 5.74) is 1.17. The van der Waals surface area contributed by atoms with Crippen LogP contribution in [-0.2, 0) is 4.74 Å². The highest BCUT2D eigenvalue weighted by Gasteiger charge is 2.25. The molecule has 0 aliphatic carbocycles. The van der Waals surface area contributed by atoms with Gasteiger partial charge in [-0.2, -0.15) is 0 Å². The Hall–Kier alpha value is -0.650. The number of ether oxygens (including phenoxy) is 1. The Kier molecular flexibility index (Phi) is 5.81. The number of hydrogen-bond acceptors (Lipinski definition) is 5. The third-order valence-corrected chi connectivity index (χ3v) is 5.24. The van der Waals surface area contributed by atoms with Crippen molar-refractivity contribution < 1.29 is 4.74 Å². The Labute approximate surface area is 126 Å². The highest BCUT2D eigenvalue weighted by molar-refractivity contribution is 7.15. The van der Waals surface area contributed by atoms with Crippen LogP contribution in [0.1, 0.15) is 50.2 Å². The van der Waals surface area contributed by atoms with Crippen molar-refractivity contribution in [3.63, 3.8) is 0 Å². The molecule has 1 fully saturated rings. The van der Waals surface area contributed by atoms with Crippen LogP contribution >= 0.6 is 11.3 Å². The van der Waals surface area contributed by atoms with Gasteiger partial charge in [-0.15, -0.1) is 11.3 Å². The predicted molar refractivity (Wildman–Crippen MR) is 85.8 cm³/mol. The largest absolute Gasteiger partial charge is 0.377 e. The average molecular weight is 297 g/mol. The Bertz CT molecular complexity index is 421. The van der Waals surface area contributed by atoms with Gasteiger partial charge in [-0.25, -0.2) is 4.98 Å². The number of aryl methyl sites for hydroxylation is 1. The highest BCUT2D eigenvalue weighted by Crippen LogP contribution is 2.32. The van der Waals surface area contributed by atoms with Gasteiger partial charge < -0.3 is 15.0 Å². The van der Waals surface area contributed by atoms with Crippen LogP contribution in [0.4, 0.5) is 5.13 Å². The Morgan fingerprint density at radius 1 is 1.50 bits per heavy atom. The highest BCUT2D eigenvalue weighted by atomic mass is 32.1. The number of nitrogens with one attached hydrogen (secondary N) is 1. The van der Waals surface area contributed by atoms with Gasteiger partial charge >= 0.3 is 0 Å². The summed E-state index contributed by atoms with van der Waals surface area (Å²) in [6.07, 6.45) is 2.27. The first-order valence-electron chi connectivity index (χ1n) is 7.72. The molecule has 20 heavy (non-hydrogen) atoms. The van der Waals surface area contributed by atoms with Crippen molar-refractivity contribution in [3.8, 4) is 0 Å². The second-order valence-electron chi connectivity index (χ2n) is 5.45. The number of rotatable bonds is 6. The molecule has 0 saturated carbocycles. The standard InChI is InChI=1S/C15H27N3OS/c1-5-7-16-11(3)14-12(4)17-15(20-14)18-8-9-19-10-13(18)6-2/h11,13,16H,5-10H2,1-4H3. The number of hydrogen-bond donors (Lipinski definition) is 1. The fourth-order valence-corrected chi connectivity index (χ4v) is 3.81. The van der Waals surface area contributed by atoms with E-state index in [0.717, 1.165) is 44.3 Å². The SMILES string of the molecule is CCCNC(C)c1sc(N2CCOCC2CC)nc1C. The van der Waals surface area contributed by atoms with Crippen molar-refractivity contribution in [3.05, 3.63) is 10.6 Å². The van der Waals surface area contributed by atoms with Crippen LogP contribution in [0.2, 0.25) is 0 Å². The summed E-state index contributed by atoms with van der Waals surface area (Å²) in [7, 11) is 0. The molecular weight excluding hydrogens is 270 g/mol. The van der Waals surface area contributed by atoms with E-state index < -0.39 is 0 Å². The van der Waals surface area contributed by atoms with E-state index in [1.165, 1.54) is 10.6 Å². The molecule has 1 aromatic heterocycles. The van der Waals surface area contributed by atoms with Gasteiger partial charge in [0.05, 0.1) is 24.9 Å². The molecule has 0 bridgehead atoms. The molecule has 1 aromatic rings. The maximum atomic E-state index is 5.59. The zero-order chi connectivity index (χ0) is 14.5. The normalized spacial score (nSPS) is 21.2. The number of anilines is 1. The Balaban J connectivity index is 2.13. The quantitative estimate of drug-likeness (QED) is 0.875. The molecule has 0 radical (unpaired) electrons. The summed E-state index contributed by atoms with van der Waals surface area (Å²) in [4.78, 5) is 8.61. The van der Waals surface area contributed by atoms with Crippen LogP contribution in [0.3, 0.4) is 0 Å². The molecule has 1 N–H and O–H groups in total. The summed E-state index contributed by atoms with van der Waals surface area (Å²) < 4.78 is 5.59. The lowest BCUT2D eigenvalue weighted by molar-refractivity contribution is 0.0929. The fourth-order valence-electron chi connectivity index (χ4n) is 2.62. The smallest absolute Gasteiger partial charge is 0.186 e. The van der Waals surface area contributed by atoms with Gasteiger partial charge in [-0.05, 0) is 33.2 Å². The molecule has 4 nitrogen and oxygen atoms in total. The van der Waals surface area contributed by atoms with Gasteiger partial charge in [-0.1, -0.05) is 13.8 Å². The number of thiazole rings is 1. The molecule has 2 heterocycles.